The molecule has 0 aliphatic heterocycles. The van der Waals surface area contributed by atoms with E-state index < -0.39 is 18.0 Å². The number of thiophene rings is 1. The number of carboxylic acid groups (broad SMARTS) is 1. The number of hydrogen-bond acceptors (Lipinski definition) is 3. The Balaban J connectivity index is 2.34. The van der Waals surface area contributed by atoms with Crippen molar-refractivity contribution in [2.75, 3.05) is 5.32 Å². The van der Waals surface area contributed by atoms with Crippen LogP contribution in [0.2, 0.25) is 0 Å². The van der Waals surface area contributed by atoms with E-state index >= 15 is 0 Å². The number of nitrogens with one attached hydrogen (secondary N) is 1. The predicted molar refractivity (Wildman–Crippen MR) is 63.2 cm³/mol. The van der Waals surface area contributed by atoms with Gasteiger partial charge in [0.05, 0.1) is 15.6 Å². The van der Waals surface area contributed by atoms with Crippen LogP contribution in [0.3, 0.4) is 0 Å². The molecule has 0 radical (unpaired) electrons. The van der Waals surface area contributed by atoms with E-state index in [1.165, 1.54) is 19.2 Å². The molecule has 102 valence electrons. The molecule has 0 aromatic carbocycles. The molecule has 0 saturated heterocycles. The molecule has 5 nitrogen and oxygen atoms in total. The van der Waals surface area contributed by atoms with E-state index in [2.05, 4.69) is 10.4 Å². The normalized spacial score (nSPS) is 11.6. The first-order valence-corrected chi connectivity index (χ1v) is 5.80. The topological polar surface area (TPSA) is 67.2 Å². The van der Waals surface area contributed by atoms with Crippen LogP contribution in [0.4, 0.5) is 23.0 Å². The van der Waals surface area contributed by atoms with Crippen molar-refractivity contribution in [2.24, 2.45) is 7.05 Å². The van der Waals surface area contributed by atoms with Gasteiger partial charge < -0.3 is 5.11 Å². The molecule has 2 N–H and O–H groups in total. The van der Waals surface area contributed by atoms with Gasteiger partial charge in [-0.25, -0.2) is 4.79 Å². The summed E-state index contributed by atoms with van der Waals surface area (Å²) in [5.41, 5.74) is -0.707. The van der Waals surface area contributed by atoms with Crippen LogP contribution >= 0.6 is 11.3 Å². The molecule has 2 aromatic rings. The van der Waals surface area contributed by atoms with Crippen molar-refractivity contribution in [3.63, 3.8) is 0 Å². The molecule has 0 saturated carbocycles. The maximum Gasteiger partial charge on any atom is 0.435 e. The van der Waals surface area contributed by atoms with Gasteiger partial charge in [0, 0.05) is 7.05 Å². The van der Waals surface area contributed by atoms with Crippen LogP contribution in [0.5, 0.6) is 0 Å². The lowest BCUT2D eigenvalue weighted by Gasteiger charge is -1.98. The number of hydrogen-bond donors (Lipinski definition) is 2. The average Bonchev–Trinajstić information content (AvgIpc) is 2.82. The molecular formula is C10H8F3N3O2S. The van der Waals surface area contributed by atoms with Crippen LogP contribution in [0, 0.1) is 0 Å². The molecule has 0 aliphatic rings. The second kappa shape index (κ2) is 4.57. The first-order valence-electron chi connectivity index (χ1n) is 4.99. The fourth-order valence-corrected chi connectivity index (χ4v) is 2.43. The molecular weight excluding hydrogens is 283 g/mol. The van der Waals surface area contributed by atoms with Crippen LogP contribution < -0.4 is 5.32 Å². The largest absolute Gasteiger partial charge is 0.465 e. The maximum atomic E-state index is 12.5. The van der Waals surface area contributed by atoms with Gasteiger partial charge in [0.2, 0.25) is 0 Å². The zero-order chi connectivity index (χ0) is 14.2. The Morgan fingerprint density at radius 2 is 2.16 bits per heavy atom. The number of aromatic nitrogens is 2. The molecule has 19 heavy (non-hydrogen) atoms. The van der Waals surface area contributed by atoms with Crippen molar-refractivity contribution in [3.05, 3.63) is 23.9 Å². The lowest BCUT2D eigenvalue weighted by molar-refractivity contribution is -0.141. The van der Waals surface area contributed by atoms with Gasteiger partial charge in [-0.2, -0.15) is 18.3 Å². The second-order valence-electron chi connectivity index (χ2n) is 3.63. The summed E-state index contributed by atoms with van der Waals surface area (Å²) >= 11 is 1.03. The zero-order valence-electron chi connectivity index (χ0n) is 9.52. The third-order valence-electron chi connectivity index (χ3n) is 2.26. The highest BCUT2D eigenvalue weighted by Crippen LogP contribution is 2.35. The Hall–Kier alpha value is -2.03. The maximum absolute atomic E-state index is 12.5. The smallest absolute Gasteiger partial charge is 0.435 e. The fraction of sp³-hybridized carbons (Fsp3) is 0.200. The SMILES string of the molecule is Cn1nc(C(F)(F)F)cc1-c1ccc(NC(=O)O)s1. The molecule has 0 spiro atoms. The molecule has 0 unspecified atom stereocenters. The molecule has 2 rings (SSSR count). The summed E-state index contributed by atoms with van der Waals surface area (Å²) in [6, 6.07) is 3.94. The van der Waals surface area contributed by atoms with Gasteiger partial charge in [-0.1, -0.05) is 0 Å². The number of anilines is 1. The number of nitrogens with zero attached hydrogens (tertiary/aromatic N) is 2. The molecule has 0 fully saturated rings. The van der Waals surface area contributed by atoms with Crippen molar-refractivity contribution in [3.8, 4) is 10.6 Å². The molecule has 0 atom stereocenters. The van der Waals surface area contributed by atoms with E-state index in [1.54, 1.807) is 0 Å². The number of amides is 1. The number of alkyl halides is 3. The van der Waals surface area contributed by atoms with Gasteiger partial charge in [-0.05, 0) is 18.2 Å². The molecule has 2 aromatic heterocycles. The van der Waals surface area contributed by atoms with Gasteiger partial charge in [0.15, 0.2) is 5.69 Å². The molecule has 9 heteroatoms. The van der Waals surface area contributed by atoms with Gasteiger partial charge in [-0.15, -0.1) is 11.3 Å². The lowest BCUT2D eigenvalue weighted by Crippen LogP contribution is -2.06. The van der Waals surface area contributed by atoms with E-state index in [0.717, 1.165) is 22.1 Å². The number of aryl methyl sites for hydroxylation is 1. The Morgan fingerprint density at radius 1 is 1.47 bits per heavy atom. The third-order valence-corrected chi connectivity index (χ3v) is 3.28. The number of halogens is 3. The van der Waals surface area contributed by atoms with Gasteiger partial charge >= 0.3 is 12.3 Å². The summed E-state index contributed by atoms with van der Waals surface area (Å²) in [6.45, 7) is 0. The highest BCUT2D eigenvalue weighted by Gasteiger charge is 2.34. The molecule has 0 bridgehead atoms. The minimum atomic E-state index is -4.50. The Morgan fingerprint density at radius 3 is 2.68 bits per heavy atom. The number of carbonyl (C=O) groups is 1. The average molecular weight is 291 g/mol. The molecule has 2 heterocycles. The molecule has 1 amide bonds. The van der Waals surface area contributed by atoms with E-state index in [1.807, 2.05) is 0 Å². The quantitative estimate of drug-likeness (QED) is 0.892. The summed E-state index contributed by atoms with van der Waals surface area (Å²) in [5.74, 6) is 0. The van der Waals surface area contributed by atoms with Crippen LogP contribution in [0.1, 0.15) is 5.69 Å². The minimum Gasteiger partial charge on any atom is -0.465 e. The Bertz CT molecular complexity index is 618. The molecule has 0 aliphatic carbocycles. The van der Waals surface area contributed by atoms with E-state index in [-0.39, 0.29) is 5.69 Å². The van der Waals surface area contributed by atoms with Gasteiger partial charge in [0.25, 0.3) is 0 Å². The predicted octanol–water partition coefficient (Wildman–Crippen LogP) is 3.26. The summed E-state index contributed by atoms with van der Waals surface area (Å²) in [6.07, 6.45) is -5.73. The number of rotatable bonds is 2. The van der Waals surface area contributed by atoms with Gasteiger partial charge in [0.1, 0.15) is 0 Å². The van der Waals surface area contributed by atoms with Crippen LogP contribution in [-0.4, -0.2) is 21.0 Å². The standard InChI is InChI=1S/C10H8F3N3O2S/c1-16-5(4-7(15-16)10(11,12)13)6-2-3-8(19-6)14-9(17)18/h2-4,14H,1H3,(H,17,18). The van der Waals surface area contributed by atoms with Crippen molar-refractivity contribution in [1.29, 1.82) is 0 Å². The third kappa shape index (κ3) is 2.87. The van der Waals surface area contributed by atoms with E-state index in [0.29, 0.717) is 9.88 Å². The Labute approximate surface area is 109 Å². The van der Waals surface area contributed by atoms with Crippen LogP contribution in [0.25, 0.3) is 10.6 Å². The van der Waals surface area contributed by atoms with Crippen LogP contribution in [-0.2, 0) is 13.2 Å². The lowest BCUT2D eigenvalue weighted by atomic mass is 10.3. The second-order valence-corrected chi connectivity index (χ2v) is 4.71. The van der Waals surface area contributed by atoms with Gasteiger partial charge in [-0.3, -0.25) is 10.00 Å². The highest BCUT2D eigenvalue weighted by molar-refractivity contribution is 7.19. The first kappa shape index (κ1) is 13.4. The zero-order valence-corrected chi connectivity index (χ0v) is 10.3. The van der Waals surface area contributed by atoms with Crippen LogP contribution in [0.15, 0.2) is 18.2 Å². The van der Waals surface area contributed by atoms with E-state index in [4.69, 9.17) is 5.11 Å². The monoisotopic (exact) mass is 291 g/mol. The summed E-state index contributed by atoms with van der Waals surface area (Å²) < 4.78 is 38.6. The summed E-state index contributed by atoms with van der Waals surface area (Å²) in [5, 5.41) is 14.4. The fourth-order valence-electron chi connectivity index (χ4n) is 1.48. The first-order chi connectivity index (χ1) is 8.77. The van der Waals surface area contributed by atoms with Crippen molar-refractivity contribution >= 4 is 22.4 Å². The highest BCUT2D eigenvalue weighted by atomic mass is 32.1. The van der Waals surface area contributed by atoms with Crippen molar-refractivity contribution < 1.29 is 23.1 Å². The summed E-state index contributed by atoms with van der Waals surface area (Å²) in [7, 11) is 1.40. The van der Waals surface area contributed by atoms with E-state index in [9.17, 15) is 18.0 Å². The minimum absolute atomic E-state index is 0.274. The Kier molecular flexibility index (Phi) is 3.23. The summed E-state index contributed by atoms with van der Waals surface area (Å²) in [4.78, 5) is 10.9. The van der Waals surface area contributed by atoms with Crippen molar-refractivity contribution in [2.45, 2.75) is 6.18 Å². The van der Waals surface area contributed by atoms with Crippen molar-refractivity contribution in [1.82, 2.24) is 9.78 Å².